The normalized spacial score (nSPS) is 12.4. The lowest BCUT2D eigenvalue weighted by Gasteiger charge is -2.21. The van der Waals surface area contributed by atoms with Crippen LogP contribution < -0.4 is 21.7 Å². The highest BCUT2D eigenvalue weighted by atomic mass is 32.2. The number of nitrogens with two attached hydrogens (primary N) is 1. The van der Waals surface area contributed by atoms with E-state index in [4.69, 9.17) is 10.5 Å². The lowest BCUT2D eigenvalue weighted by atomic mass is 10.0. The van der Waals surface area contributed by atoms with Crippen LogP contribution in [0.5, 0.6) is 5.75 Å². The maximum absolute atomic E-state index is 15.4. The number of hydrogen-bond acceptors (Lipinski definition) is 6. The zero-order valence-corrected chi connectivity index (χ0v) is 22.3. The standard InChI is InChI=1S/C28H27F2N3O5S/c1-17-25(19-11-7-13-23(38-2)26(19)30)27(34)33(16-22(31)18-9-5-4-6-10-18)28(35)32(17)15-20-21(29)12-8-14-24(20)39(3,36)37/h4-14,22H,15-16,31H2,1-3H3/t22-/m1/s1. The van der Waals surface area contributed by atoms with Crippen LogP contribution in [0.3, 0.4) is 0 Å². The van der Waals surface area contributed by atoms with Crippen molar-refractivity contribution in [2.75, 3.05) is 13.4 Å². The molecular weight excluding hydrogens is 528 g/mol. The van der Waals surface area contributed by atoms with Gasteiger partial charge in [-0.15, -0.1) is 0 Å². The molecule has 1 aromatic heterocycles. The molecule has 8 nitrogen and oxygen atoms in total. The van der Waals surface area contributed by atoms with Gasteiger partial charge in [0.05, 0.1) is 30.7 Å². The Kier molecular flexibility index (Phi) is 7.84. The number of halogens is 2. The van der Waals surface area contributed by atoms with E-state index in [-0.39, 0.29) is 39.6 Å². The SMILES string of the molecule is COc1cccc(-c2c(C)n(Cc3c(F)cccc3S(C)(=O)=O)c(=O)n(C[C@@H](N)c3ccccc3)c2=O)c1F. The summed E-state index contributed by atoms with van der Waals surface area (Å²) in [5, 5.41) is 0. The average Bonchev–Trinajstić information content (AvgIpc) is 2.90. The second-order valence-corrected chi connectivity index (χ2v) is 11.1. The summed E-state index contributed by atoms with van der Waals surface area (Å²) in [5.74, 6) is -1.80. The number of nitrogens with zero attached hydrogens (tertiary/aromatic N) is 2. The molecule has 39 heavy (non-hydrogen) atoms. The predicted molar refractivity (Wildman–Crippen MR) is 144 cm³/mol. The molecule has 204 valence electrons. The van der Waals surface area contributed by atoms with Gasteiger partial charge in [0, 0.05) is 29.1 Å². The van der Waals surface area contributed by atoms with E-state index in [0.29, 0.717) is 5.56 Å². The van der Waals surface area contributed by atoms with E-state index in [1.807, 2.05) is 0 Å². The minimum atomic E-state index is -3.87. The van der Waals surface area contributed by atoms with E-state index < -0.39 is 45.3 Å². The van der Waals surface area contributed by atoms with Crippen molar-refractivity contribution in [2.45, 2.75) is 31.0 Å². The zero-order chi connectivity index (χ0) is 28.5. The first-order valence-electron chi connectivity index (χ1n) is 11.9. The van der Waals surface area contributed by atoms with Crippen molar-refractivity contribution in [3.05, 3.63) is 116 Å². The van der Waals surface area contributed by atoms with Crippen molar-refractivity contribution in [1.82, 2.24) is 9.13 Å². The van der Waals surface area contributed by atoms with Crippen LogP contribution in [0.4, 0.5) is 8.78 Å². The third-order valence-electron chi connectivity index (χ3n) is 6.54. The highest BCUT2D eigenvalue weighted by Crippen LogP contribution is 2.29. The van der Waals surface area contributed by atoms with Crippen molar-refractivity contribution < 1.29 is 21.9 Å². The fraction of sp³-hybridized carbons (Fsp3) is 0.214. The number of ether oxygens (including phenoxy) is 1. The first kappa shape index (κ1) is 27.9. The molecule has 0 aliphatic heterocycles. The molecule has 1 atom stereocenters. The number of benzene rings is 3. The van der Waals surface area contributed by atoms with Crippen LogP contribution in [-0.4, -0.2) is 30.9 Å². The number of hydrogen-bond donors (Lipinski definition) is 1. The summed E-state index contributed by atoms with van der Waals surface area (Å²) < 4.78 is 62.2. The van der Waals surface area contributed by atoms with E-state index in [2.05, 4.69) is 0 Å². The molecule has 0 radical (unpaired) electrons. The summed E-state index contributed by atoms with van der Waals surface area (Å²) in [6, 6.07) is 15.8. The summed E-state index contributed by atoms with van der Waals surface area (Å²) in [5.41, 5.74) is 4.79. The average molecular weight is 556 g/mol. The lowest BCUT2D eigenvalue weighted by Crippen LogP contribution is -2.44. The van der Waals surface area contributed by atoms with E-state index in [0.717, 1.165) is 21.5 Å². The van der Waals surface area contributed by atoms with Crippen molar-refractivity contribution in [1.29, 1.82) is 0 Å². The van der Waals surface area contributed by atoms with Gasteiger partial charge in [-0.3, -0.25) is 13.9 Å². The Labute approximate surface area is 223 Å². The van der Waals surface area contributed by atoms with E-state index >= 15 is 4.39 Å². The largest absolute Gasteiger partial charge is 0.494 e. The van der Waals surface area contributed by atoms with Crippen molar-refractivity contribution >= 4 is 9.84 Å². The molecule has 1 heterocycles. The van der Waals surface area contributed by atoms with Crippen molar-refractivity contribution in [3.8, 4) is 16.9 Å². The lowest BCUT2D eigenvalue weighted by molar-refractivity contribution is 0.387. The topological polar surface area (TPSA) is 113 Å². The molecule has 0 amide bonds. The fourth-order valence-electron chi connectivity index (χ4n) is 4.52. The number of sulfone groups is 1. The Morgan fingerprint density at radius 3 is 2.26 bits per heavy atom. The highest BCUT2D eigenvalue weighted by molar-refractivity contribution is 7.90. The molecule has 0 saturated heterocycles. The third-order valence-corrected chi connectivity index (χ3v) is 7.72. The monoisotopic (exact) mass is 555 g/mol. The van der Waals surface area contributed by atoms with Gasteiger partial charge in [-0.25, -0.2) is 22.0 Å². The number of rotatable bonds is 8. The maximum atomic E-state index is 15.4. The van der Waals surface area contributed by atoms with Crippen LogP contribution in [0, 0.1) is 18.6 Å². The molecule has 0 saturated carbocycles. The number of aromatic nitrogens is 2. The van der Waals surface area contributed by atoms with Crippen LogP contribution in [-0.2, 0) is 22.9 Å². The van der Waals surface area contributed by atoms with Gasteiger partial charge in [-0.05, 0) is 30.7 Å². The molecule has 0 fully saturated rings. The minimum absolute atomic E-state index is 0.0180. The summed E-state index contributed by atoms with van der Waals surface area (Å²) in [6.45, 7) is 0.620. The molecule has 2 N–H and O–H groups in total. The molecule has 4 rings (SSSR count). The summed E-state index contributed by atoms with van der Waals surface area (Å²) >= 11 is 0. The molecule has 0 spiro atoms. The van der Waals surface area contributed by atoms with E-state index in [1.165, 1.54) is 44.4 Å². The molecule has 0 aliphatic carbocycles. The van der Waals surface area contributed by atoms with Crippen LogP contribution in [0.1, 0.15) is 22.9 Å². The first-order chi connectivity index (χ1) is 18.5. The van der Waals surface area contributed by atoms with Crippen LogP contribution in [0.2, 0.25) is 0 Å². The summed E-state index contributed by atoms with van der Waals surface area (Å²) in [6.07, 6.45) is 0.928. The summed E-state index contributed by atoms with van der Waals surface area (Å²) in [7, 11) is -2.60. The molecule has 4 aromatic rings. The van der Waals surface area contributed by atoms with Crippen molar-refractivity contribution in [2.24, 2.45) is 5.73 Å². The molecule has 0 aliphatic rings. The predicted octanol–water partition coefficient (Wildman–Crippen LogP) is 3.42. The molecular formula is C28H27F2N3O5S. The van der Waals surface area contributed by atoms with Gasteiger partial charge in [-0.1, -0.05) is 48.5 Å². The van der Waals surface area contributed by atoms with Crippen molar-refractivity contribution in [3.63, 3.8) is 0 Å². The van der Waals surface area contributed by atoms with Crippen LogP contribution in [0.25, 0.3) is 11.1 Å². The Morgan fingerprint density at radius 1 is 0.949 bits per heavy atom. The Hall–Kier alpha value is -4.09. The molecule has 0 bridgehead atoms. The Balaban J connectivity index is 2.02. The van der Waals surface area contributed by atoms with Gasteiger partial charge < -0.3 is 10.5 Å². The van der Waals surface area contributed by atoms with Gasteiger partial charge in [0.25, 0.3) is 5.56 Å². The molecule has 3 aromatic carbocycles. The van der Waals surface area contributed by atoms with Gasteiger partial charge >= 0.3 is 5.69 Å². The van der Waals surface area contributed by atoms with E-state index in [9.17, 15) is 22.4 Å². The van der Waals surface area contributed by atoms with Gasteiger partial charge in [0.1, 0.15) is 5.82 Å². The fourth-order valence-corrected chi connectivity index (χ4v) is 5.46. The third kappa shape index (κ3) is 5.41. The first-order valence-corrected chi connectivity index (χ1v) is 13.8. The van der Waals surface area contributed by atoms with Gasteiger partial charge in [0.2, 0.25) is 0 Å². The minimum Gasteiger partial charge on any atom is -0.494 e. The second-order valence-electron chi connectivity index (χ2n) is 9.07. The smallest absolute Gasteiger partial charge is 0.331 e. The zero-order valence-electron chi connectivity index (χ0n) is 21.5. The molecule has 0 unspecified atom stereocenters. The summed E-state index contributed by atoms with van der Waals surface area (Å²) in [4.78, 5) is 27.2. The second kappa shape index (κ2) is 11.0. The molecule has 11 heteroatoms. The number of methoxy groups -OCH3 is 1. The van der Waals surface area contributed by atoms with Crippen LogP contribution >= 0.6 is 0 Å². The van der Waals surface area contributed by atoms with Gasteiger partial charge in [0.15, 0.2) is 21.4 Å². The maximum Gasteiger partial charge on any atom is 0.331 e. The van der Waals surface area contributed by atoms with Gasteiger partial charge in [-0.2, -0.15) is 0 Å². The quantitative estimate of drug-likeness (QED) is 0.357. The van der Waals surface area contributed by atoms with Crippen LogP contribution in [0.15, 0.2) is 81.2 Å². The Morgan fingerprint density at radius 2 is 1.62 bits per heavy atom. The van der Waals surface area contributed by atoms with E-state index in [1.54, 1.807) is 30.3 Å². The highest BCUT2D eigenvalue weighted by Gasteiger charge is 2.25. The Bertz CT molecular complexity index is 1770.